The average molecular weight is 315 g/mol. The van der Waals surface area contributed by atoms with Gasteiger partial charge in [-0.3, -0.25) is 4.79 Å². The largest absolute Gasteiger partial charge is 0.497 e. The Morgan fingerprint density at radius 3 is 2.39 bits per heavy atom. The highest BCUT2D eigenvalue weighted by Gasteiger charge is 2.09. The molecule has 0 atom stereocenters. The Balaban J connectivity index is 1.98. The number of aryl methyl sites for hydroxylation is 1. The van der Waals surface area contributed by atoms with Gasteiger partial charge in [-0.25, -0.2) is 0 Å². The van der Waals surface area contributed by atoms with E-state index in [1.54, 1.807) is 27.4 Å². The SMILES string of the molecule is COc1cccc(NC(=O)CCc2cc(OC)ccc2OC)c1. The molecule has 0 heterocycles. The number of benzene rings is 2. The molecule has 0 unspecified atom stereocenters. The van der Waals surface area contributed by atoms with Gasteiger partial charge in [-0.05, 0) is 42.3 Å². The Labute approximate surface area is 136 Å². The normalized spacial score (nSPS) is 10.0. The summed E-state index contributed by atoms with van der Waals surface area (Å²) in [7, 11) is 4.82. The van der Waals surface area contributed by atoms with Gasteiger partial charge in [-0.15, -0.1) is 0 Å². The van der Waals surface area contributed by atoms with Gasteiger partial charge in [0.1, 0.15) is 17.2 Å². The number of carbonyl (C=O) groups is 1. The number of amides is 1. The van der Waals surface area contributed by atoms with Crippen LogP contribution in [0.1, 0.15) is 12.0 Å². The van der Waals surface area contributed by atoms with E-state index < -0.39 is 0 Å². The third-order valence-corrected chi connectivity index (χ3v) is 3.46. The van der Waals surface area contributed by atoms with Crippen molar-refractivity contribution in [2.45, 2.75) is 12.8 Å². The maximum absolute atomic E-state index is 12.1. The van der Waals surface area contributed by atoms with Crippen LogP contribution in [-0.2, 0) is 11.2 Å². The molecular formula is C18H21NO4. The Bertz CT molecular complexity index is 670. The molecule has 0 aromatic heterocycles. The number of anilines is 1. The van der Waals surface area contributed by atoms with Crippen molar-refractivity contribution in [3.63, 3.8) is 0 Å². The first kappa shape index (κ1) is 16.7. The molecule has 0 spiro atoms. The highest BCUT2D eigenvalue weighted by molar-refractivity contribution is 5.91. The fourth-order valence-corrected chi connectivity index (χ4v) is 2.25. The molecule has 2 aromatic rings. The Hall–Kier alpha value is -2.69. The summed E-state index contributed by atoms with van der Waals surface area (Å²) in [4.78, 5) is 12.1. The molecular weight excluding hydrogens is 294 g/mol. The topological polar surface area (TPSA) is 56.8 Å². The Morgan fingerprint density at radius 2 is 1.70 bits per heavy atom. The molecule has 0 bridgehead atoms. The minimum Gasteiger partial charge on any atom is -0.497 e. The molecule has 5 nitrogen and oxygen atoms in total. The van der Waals surface area contributed by atoms with E-state index in [0.717, 1.165) is 17.1 Å². The molecule has 0 saturated heterocycles. The average Bonchev–Trinajstić information content (AvgIpc) is 2.59. The second-order valence-electron chi connectivity index (χ2n) is 4.96. The molecule has 2 aromatic carbocycles. The van der Waals surface area contributed by atoms with Crippen molar-refractivity contribution < 1.29 is 19.0 Å². The summed E-state index contributed by atoms with van der Waals surface area (Å²) in [6.07, 6.45) is 0.914. The van der Waals surface area contributed by atoms with E-state index in [1.807, 2.05) is 36.4 Å². The quantitative estimate of drug-likeness (QED) is 0.852. The van der Waals surface area contributed by atoms with Gasteiger partial charge in [-0.2, -0.15) is 0 Å². The van der Waals surface area contributed by atoms with Crippen LogP contribution in [0.4, 0.5) is 5.69 Å². The molecule has 2 rings (SSSR count). The monoisotopic (exact) mass is 315 g/mol. The van der Waals surface area contributed by atoms with Crippen molar-refractivity contribution in [2.75, 3.05) is 26.6 Å². The first-order valence-electron chi connectivity index (χ1n) is 7.31. The molecule has 0 aliphatic heterocycles. The third-order valence-electron chi connectivity index (χ3n) is 3.46. The van der Waals surface area contributed by atoms with Gasteiger partial charge in [0, 0.05) is 18.2 Å². The van der Waals surface area contributed by atoms with Crippen molar-refractivity contribution in [2.24, 2.45) is 0 Å². The number of carbonyl (C=O) groups excluding carboxylic acids is 1. The van der Waals surface area contributed by atoms with Crippen molar-refractivity contribution in [3.8, 4) is 17.2 Å². The zero-order valence-electron chi connectivity index (χ0n) is 13.6. The van der Waals surface area contributed by atoms with Crippen LogP contribution in [0.25, 0.3) is 0 Å². The fraction of sp³-hybridized carbons (Fsp3) is 0.278. The van der Waals surface area contributed by atoms with Gasteiger partial charge in [0.05, 0.1) is 21.3 Å². The minimum absolute atomic E-state index is 0.0665. The van der Waals surface area contributed by atoms with E-state index in [-0.39, 0.29) is 5.91 Å². The molecule has 0 aliphatic carbocycles. The number of hydrogen-bond acceptors (Lipinski definition) is 4. The van der Waals surface area contributed by atoms with E-state index in [4.69, 9.17) is 14.2 Å². The predicted octanol–water partition coefficient (Wildman–Crippen LogP) is 3.28. The van der Waals surface area contributed by atoms with E-state index >= 15 is 0 Å². The van der Waals surface area contributed by atoms with Crippen LogP contribution in [0.3, 0.4) is 0 Å². The predicted molar refractivity (Wildman–Crippen MR) is 89.5 cm³/mol. The molecule has 0 fully saturated rings. The maximum atomic E-state index is 12.1. The zero-order valence-corrected chi connectivity index (χ0v) is 13.6. The van der Waals surface area contributed by atoms with Crippen LogP contribution in [0, 0.1) is 0 Å². The first-order valence-corrected chi connectivity index (χ1v) is 7.31. The lowest BCUT2D eigenvalue weighted by atomic mass is 10.1. The number of ether oxygens (including phenoxy) is 3. The first-order chi connectivity index (χ1) is 11.2. The van der Waals surface area contributed by atoms with Gasteiger partial charge in [0.2, 0.25) is 5.91 Å². The zero-order chi connectivity index (χ0) is 16.7. The molecule has 5 heteroatoms. The summed E-state index contributed by atoms with van der Waals surface area (Å²) in [5.41, 5.74) is 1.65. The van der Waals surface area contributed by atoms with E-state index in [2.05, 4.69) is 5.32 Å². The van der Waals surface area contributed by atoms with Crippen molar-refractivity contribution >= 4 is 11.6 Å². The fourth-order valence-electron chi connectivity index (χ4n) is 2.25. The summed E-state index contributed by atoms with van der Waals surface area (Å²) >= 11 is 0. The summed E-state index contributed by atoms with van der Waals surface area (Å²) in [5, 5.41) is 2.86. The summed E-state index contributed by atoms with van der Waals surface area (Å²) in [6.45, 7) is 0. The number of rotatable bonds is 7. The van der Waals surface area contributed by atoms with Crippen LogP contribution in [0.15, 0.2) is 42.5 Å². The van der Waals surface area contributed by atoms with Crippen LogP contribution in [0.2, 0.25) is 0 Å². The molecule has 122 valence electrons. The summed E-state index contributed by atoms with van der Waals surface area (Å²) in [6, 6.07) is 12.8. The van der Waals surface area contributed by atoms with Gasteiger partial charge in [0.15, 0.2) is 0 Å². The van der Waals surface area contributed by atoms with Crippen molar-refractivity contribution in [1.29, 1.82) is 0 Å². The lowest BCUT2D eigenvalue weighted by Crippen LogP contribution is -2.12. The molecule has 0 saturated carbocycles. The van der Waals surface area contributed by atoms with E-state index in [0.29, 0.717) is 24.3 Å². The van der Waals surface area contributed by atoms with Gasteiger partial charge in [-0.1, -0.05) is 6.07 Å². The van der Waals surface area contributed by atoms with E-state index in [1.165, 1.54) is 0 Å². The highest BCUT2D eigenvalue weighted by Crippen LogP contribution is 2.25. The van der Waals surface area contributed by atoms with E-state index in [9.17, 15) is 4.79 Å². The Morgan fingerprint density at radius 1 is 0.957 bits per heavy atom. The van der Waals surface area contributed by atoms with Gasteiger partial charge >= 0.3 is 0 Å². The van der Waals surface area contributed by atoms with Crippen LogP contribution < -0.4 is 19.5 Å². The maximum Gasteiger partial charge on any atom is 0.224 e. The van der Waals surface area contributed by atoms with Crippen molar-refractivity contribution in [3.05, 3.63) is 48.0 Å². The lowest BCUT2D eigenvalue weighted by Gasteiger charge is -2.11. The van der Waals surface area contributed by atoms with Gasteiger partial charge in [0.25, 0.3) is 0 Å². The Kier molecular flexibility index (Phi) is 5.86. The standard InChI is InChI=1S/C18H21NO4/c1-21-15-6-4-5-14(12-15)19-18(20)10-7-13-11-16(22-2)8-9-17(13)23-3/h4-6,8-9,11-12H,7,10H2,1-3H3,(H,19,20). The molecule has 23 heavy (non-hydrogen) atoms. The van der Waals surface area contributed by atoms with Crippen LogP contribution >= 0.6 is 0 Å². The molecule has 0 aliphatic rings. The third kappa shape index (κ3) is 4.64. The summed E-state index contributed by atoms with van der Waals surface area (Å²) < 4.78 is 15.7. The second kappa shape index (κ2) is 8.08. The molecule has 1 amide bonds. The molecule has 0 radical (unpaired) electrons. The van der Waals surface area contributed by atoms with Gasteiger partial charge < -0.3 is 19.5 Å². The smallest absolute Gasteiger partial charge is 0.224 e. The van der Waals surface area contributed by atoms with Crippen molar-refractivity contribution in [1.82, 2.24) is 0 Å². The number of methoxy groups -OCH3 is 3. The highest BCUT2D eigenvalue weighted by atomic mass is 16.5. The minimum atomic E-state index is -0.0665. The molecule has 1 N–H and O–H groups in total. The van der Waals surface area contributed by atoms with Crippen LogP contribution in [-0.4, -0.2) is 27.2 Å². The number of hydrogen-bond donors (Lipinski definition) is 1. The summed E-state index contributed by atoms with van der Waals surface area (Å²) in [5.74, 6) is 2.13. The number of nitrogens with one attached hydrogen (secondary N) is 1. The lowest BCUT2D eigenvalue weighted by molar-refractivity contribution is -0.116. The van der Waals surface area contributed by atoms with Crippen LogP contribution in [0.5, 0.6) is 17.2 Å². The second-order valence-corrected chi connectivity index (χ2v) is 4.96.